The molecule has 2 aromatic carbocycles. The summed E-state index contributed by atoms with van der Waals surface area (Å²) in [7, 11) is 1.46. The van der Waals surface area contributed by atoms with E-state index < -0.39 is 0 Å². The Kier molecular flexibility index (Phi) is 5.61. The van der Waals surface area contributed by atoms with Crippen molar-refractivity contribution in [2.45, 2.75) is 49.4 Å². The molecule has 5 nitrogen and oxygen atoms in total. The zero-order valence-corrected chi connectivity index (χ0v) is 19.3. The molecule has 3 heterocycles. The van der Waals surface area contributed by atoms with Gasteiger partial charge in [0, 0.05) is 16.9 Å². The Morgan fingerprint density at radius 3 is 2.74 bits per heavy atom. The fourth-order valence-corrected chi connectivity index (χ4v) is 7.10. The van der Waals surface area contributed by atoms with E-state index in [1.165, 1.54) is 36.1 Å². The van der Waals surface area contributed by atoms with Crippen LogP contribution in [-0.4, -0.2) is 38.1 Å². The van der Waals surface area contributed by atoms with Crippen molar-refractivity contribution in [1.82, 2.24) is 5.32 Å². The molecule has 1 fully saturated rings. The summed E-state index contributed by atoms with van der Waals surface area (Å²) in [5.74, 6) is 1.35. The lowest BCUT2D eigenvalue weighted by atomic mass is 9.92. The number of esters is 1. The first-order chi connectivity index (χ1) is 15.1. The van der Waals surface area contributed by atoms with Gasteiger partial charge in [0.1, 0.15) is 5.75 Å². The molecule has 0 aliphatic carbocycles. The maximum absolute atomic E-state index is 12.4. The Labute approximate surface area is 188 Å². The van der Waals surface area contributed by atoms with E-state index >= 15 is 0 Å². The monoisotopic (exact) mass is 438 g/mol. The van der Waals surface area contributed by atoms with Crippen LogP contribution in [0.25, 0.3) is 0 Å². The Morgan fingerprint density at radius 2 is 1.97 bits per heavy atom. The Hall–Kier alpha value is -2.18. The molecular formula is C25H30N2O3S. The van der Waals surface area contributed by atoms with Crippen LogP contribution < -0.4 is 15.0 Å². The summed E-state index contributed by atoms with van der Waals surface area (Å²) in [4.78, 5) is 16.4. The van der Waals surface area contributed by atoms with Crippen molar-refractivity contribution >= 4 is 23.4 Å². The van der Waals surface area contributed by atoms with Crippen molar-refractivity contribution in [2.75, 3.05) is 31.7 Å². The van der Waals surface area contributed by atoms with E-state index in [0.29, 0.717) is 16.9 Å². The van der Waals surface area contributed by atoms with Crippen LogP contribution in [0, 0.1) is 19.8 Å². The molecule has 2 unspecified atom stereocenters. The van der Waals surface area contributed by atoms with E-state index in [2.05, 4.69) is 48.3 Å². The molecule has 0 aromatic heterocycles. The fraction of sp³-hybridized carbons (Fsp3) is 0.480. The van der Waals surface area contributed by atoms with Gasteiger partial charge >= 0.3 is 5.97 Å². The smallest absolute Gasteiger partial charge is 0.338 e. The number of carbonyl (C=O) groups is 1. The van der Waals surface area contributed by atoms with E-state index in [-0.39, 0.29) is 12.0 Å². The van der Waals surface area contributed by atoms with Gasteiger partial charge in [-0.1, -0.05) is 30.0 Å². The summed E-state index contributed by atoms with van der Waals surface area (Å²) in [6, 6.07) is 10.8. The minimum Gasteiger partial charge on any atom is -0.493 e. The zero-order valence-electron chi connectivity index (χ0n) is 18.4. The molecule has 0 radical (unpaired) electrons. The van der Waals surface area contributed by atoms with Crippen LogP contribution >= 0.6 is 11.8 Å². The Bertz CT molecular complexity index is 1000. The molecule has 31 heavy (non-hydrogen) atoms. The standard InChI is InChI=1S/C25H30N2O3S/c1-15-14-19(25(28)29-3)16(2)23-22(15)27(24(31-23)17-8-11-26-12-9-17)20-10-13-30-21-7-5-4-6-18(20)21/h4-7,14,17,20,24,26H,8-13H2,1-3H3. The van der Waals surface area contributed by atoms with Crippen LogP contribution in [0.2, 0.25) is 0 Å². The summed E-state index contributed by atoms with van der Waals surface area (Å²) >= 11 is 1.95. The number of hydrogen-bond acceptors (Lipinski definition) is 6. The second-order valence-electron chi connectivity index (χ2n) is 8.73. The molecule has 3 aliphatic heterocycles. The first-order valence-electron chi connectivity index (χ1n) is 11.2. The lowest BCUT2D eigenvalue weighted by Crippen LogP contribution is -2.44. The summed E-state index contributed by atoms with van der Waals surface area (Å²) in [6.45, 7) is 7.07. The third-order valence-electron chi connectivity index (χ3n) is 6.92. The molecule has 2 atom stereocenters. The van der Waals surface area contributed by atoms with Crippen molar-refractivity contribution in [3.05, 3.63) is 52.6 Å². The number of benzene rings is 2. The number of rotatable bonds is 3. The van der Waals surface area contributed by atoms with Gasteiger partial charge in [-0.3, -0.25) is 0 Å². The first-order valence-corrected chi connectivity index (χ1v) is 12.1. The van der Waals surface area contributed by atoms with Gasteiger partial charge in [0.15, 0.2) is 0 Å². The van der Waals surface area contributed by atoms with Gasteiger partial charge in [0.25, 0.3) is 0 Å². The van der Waals surface area contributed by atoms with E-state index in [1.54, 1.807) is 0 Å². The van der Waals surface area contributed by atoms with Crippen LogP contribution in [0.3, 0.4) is 0 Å². The van der Waals surface area contributed by atoms with Crippen LogP contribution in [0.15, 0.2) is 35.2 Å². The third-order valence-corrected chi connectivity index (χ3v) is 8.51. The molecule has 0 saturated carbocycles. The molecule has 0 amide bonds. The molecule has 164 valence electrons. The number of hydrogen-bond donors (Lipinski definition) is 1. The van der Waals surface area contributed by atoms with E-state index in [4.69, 9.17) is 9.47 Å². The number of ether oxygens (including phenoxy) is 2. The zero-order chi connectivity index (χ0) is 21.5. The number of anilines is 1. The van der Waals surface area contributed by atoms with Gasteiger partial charge in [-0.15, -0.1) is 0 Å². The minimum absolute atomic E-state index is 0.253. The highest BCUT2D eigenvalue weighted by molar-refractivity contribution is 8.00. The van der Waals surface area contributed by atoms with E-state index in [1.807, 2.05) is 17.8 Å². The maximum Gasteiger partial charge on any atom is 0.338 e. The van der Waals surface area contributed by atoms with Crippen molar-refractivity contribution in [1.29, 1.82) is 0 Å². The lowest BCUT2D eigenvalue weighted by molar-refractivity contribution is 0.0599. The van der Waals surface area contributed by atoms with Gasteiger partial charge in [0.05, 0.1) is 36.4 Å². The van der Waals surface area contributed by atoms with Gasteiger partial charge in [0.2, 0.25) is 0 Å². The average molecular weight is 439 g/mol. The third kappa shape index (κ3) is 3.50. The predicted octanol–water partition coefficient (Wildman–Crippen LogP) is 4.85. The first kappa shape index (κ1) is 20.7. The molecular weight excluding hydrogens is 408 g/mol. The van der Waals surface area contributed by atoms with E-state index in [0.717, 1.165) is 43.0 Å². The molecule has 1 saturated heterocycles. The fourth-order valence-electron chi connectivity index (χ4n) is 5.36. The highest BCUT2D eigenvalue weighted by Gasteiger charge is 2.43. The molecule has 0 bridgehead atoms. The highest BCUT2D eigenvalue weighted by Crippen LogP contribution is 2.56. The highest BCUT2D eigenvalue weighted by atomic mass is 32.2. The largest absolute Gasteiger partial charge is 0.493 e. The normalized spacial score (nSPS) is 23.1. The number of para-hydroxylation sites is 1. The van der Waals surface area contributed by atoms with Crippen molar-refractivity contribution in [2.24, 2.45) is 5.92 Å². The number of piperidine rings is 1. The van der Waals surface area contributed by atoms with Crippen LogP contribution in [0.5, 0.6) is 5.75 Å². The maximum atomic E-state index is 12.4. The van der Waals surface area contributed by atoms with Crippen molar-refractivity contribution in [3.63, 3.8) is 0 Å². The van der Waals surface area contributed by atoms with Crippen molar-refractivity contribution in [3.8, 4) is 5.75 Å². The summed E-state index contributed by atoms with van der Waals surface area (Å²) in [5, 5.41) is 3.87. The molecule has 3 aliphatic rings. The lowest BCUT2D eigenvalue weighted by Gasteiger charge is -2.42. The summed E-state index contributed by atoms with van der Waals surface area (Å²) in [6.07, 6.45) is 3.32. The van der Waals surface area contributed by atoms with Gasteiger partial charge in [-0.05, 0) is 69.0 Å². The summed E-state index contributed by atoms with van der Waals surface area (Å²) < 4.78 is 11.1. The average Bonchev–Trinajstić information content (AvgIpc) is 3.22. The number of nitrogens with zero attached hydrogens (tertiary/aromatic N) is 1. The number of nitrogens with one attached hydrogen (secondary N) is 1. The Morgan fingerprint density at radius 1 is 1.19 bits per heavy atom. The van der Waals surface area contributed by atoms with Gasteiger partial charge in [-0.2, -0.15) is 0 Å². The second kappa shape index (κ2) is 8.40. The number of fused-ring (bicyclic) bond motifs is 2. The van der Waals surface area contributed by atoms with Gasteiger partial charge in [-0.25, -0.2) is 4.79 Å². The minimum atomic E-state index is -0.253. The quantitative estimate of drug-likeness (QED) is 0.692. The topological polar surface area (TPSA) is 50.8 Å². The predicted molar refractivity (Wildman–Crippen MR) is 124 cm³/mol. The molecule has 0 spiro atoms. The van der Waals surface area contributed by atoms with Crippen LogP contribution in [0.4, 0.5) is 5.69 Å². The number of aryl methyl sites for hydroxylation is 1. The van der Waals surface area contributed by atoms with Crippen molar-refractivity contribution < 1.29 is 14.3 Å². The van der Waals surface area contributed by atoms with Gasteiger partial charge < -0.3 is 19.7 Å². The SMILES string of the molecule is COC(=O)c1cc(C)c2c(c1C)SC(C1CCNCC1)N2C1CCOc2ccccc21. The molecule has 1 N–H and O–H groups in total. The molecule has 5 rings (SSSR count). The molecule has 2 aromatic rings. The van der Waals surface area contributed by atoms with Crippen LogP contribution in [0.1, 0.15) is 52.4 Å². The molecule has 6 heteroatoms. The number of methoxy groups -OCH3 is 1. The van der Waals surface area contributed by atoms with E-state index in [9.17, 15) is 4.79 Å². The number of thioether (sulfide) groups is 1. The summed E-state index contributed by atoms with van der Waals surface area (Å²) in [5.41, 5.74) is 5.44. The Balaban J connectivity index is 1.65. The number of carbonyl (C=O) groups excluding carboxylic acids is 1. The van der Waals surface area contributed by atoms with Crippen LogP contribution in [-0.2, 0) is 4.74 Å². The second-order valence-corrected chi connectivity index (χ2v) is 9.86.